The average Bonchev–Trinajstić information content (AvgIpc) is 3.29. The maximum atomic E-state index is 12.1. The lowest BCUT2D eigenvalue weighted by molar-refractivity contribution is -0.119. The topological polar surface area (TPSA) is 68.8 Å². The highest BCUT2D eigenvalue weighted by Gasteiger charge is 2.31. The van der Waals surface area contributed by atoms with E-state index in [1.807, 2.05) is 29.5 Å². The molecule has 1 aromatic heterocycles. The summed E-state index contributed by atoms with van der Waals surface area (Å²) in [6, 6.07) is 15.0. The third-order valence-electron chi connectivity index (χ3n) is 5.59. The number of carbonyl (C=O) groups excluding carboxylic acids is 1. The number of guanidine groups is 1. The highest BCUT2D eigenvalue weighted by Crippen LogP contribution is 2.36. The lowest BCUT2D eigenvalue weighted by atomic mass is 9.88. The van der Waals surface area contributed by atoms with Gasteiger partial charge >= 0.3 is 0 Å². The Morgan fingerprint density at radius 2 is 2.00 bits per heavy atom. The van der Waals surface area contributed by atoms with E-state index in [-0.39, 0.29) is 12.5 Å². The SMILES string of the molecule is CN=C(NCC(=O)NCCc1ccccc1)NCC1CCCN(C)C1c1cccs1. The molecular formula is C23H33N5OS. The predicted octanol–water partition coefficient (Wildman–Crippen LogP) is 2.65. The molecule has 0 radical (unpaired) electrons. The third kappa shape index (κ3) is 6.57. The first-order chi connectivity index (χ1) is 14.7. The number of hydrogen-bond acceptors (Lipinski definition) is 4. The monoisotopic (exact) mass is 427 g/mol. The second-order valence-electron chi connectivity index (χ2n) is 7.74. The Kier molecular flexibility index (Phi) is 8.71. The summed E-state index contributed by atoms with van der Waals surface area (Å²) < 4.78 is 0. The van der Waals surface area contributed by atoms with Gasteiger partial charge in [0.1, 0.15) is 0 Å². The van der Waals surface area contributed by atoms with E-state index in [2.05, 4.69) is 62.5 Å². The van der Waals surface area contributed by atoms with Crippen molar-refractivity contribution in [3.63, 3.8) is 0 Å². The standard InChI is InChI=1S/C23H33N5OS/c1-24-23(27-17-21(29)25-13-12-18-8-4-3-5-9-18)26-16-19-10-6-14-28(2)22(19)20-11-7-15-30-20/h3-5,7-9,11,15,19,22H,6,10,12-14,16-17H2,1-2H3,(H,25,29)(H2,24,26,27). The summed E-state index contributed by atoms with van der Waals surface area (Å²) in [6.45, 7) is 2.82. The van der Waals surface area contributed by atoms with Crippen molar-refractivity contribution in [2.45, 2.75) is 25.3 Å². The number of aliphatic imine (C=N–C) groups is 1. The Hall–Kier alpha value is -2.38. The number of benzene rings is 1. The van der Waals surface area contributed by atoms with E-state index in [0.29, 0.717) is 24.5 Å². The molecule has 0 saturated carbocycles. The molecule has 0 spiro atoms. The number of nitrogens with one attached hydrogen (secondary N) is 3. The summed E-state index contributed by atoms with van der Waals surface area (Å²) in [5.74, 6) is 1.16. The van der Waals surface area contributed by atoms with Gasteiger partial charge in [0.2, 0.25) is 5.91 Å². The molecular weight excluding hydrogens is 394 g/mol. The van der Waals surface area contributed by atoms with Crippen LogP contribution in [0, 0.1) is 5.92 Å². The van der Waals surface area contributed by atoms with Crippen LogP contribution in [0.3, 0.4) is 0 Å². The fourth-order valence-electron chi connectivity index (χ4n) is 4.05. The van der Waals surface area contributed by atoms with Crippen LogP contribution in [0.5, 0.6) is 0 Å². The Bertz CT molecular complexity index is 793. The second-order valence-corrected chi connectivity index (χ2v) is 8.71. The fourth-order valence-corrected chi connectivity index (χ4v) is 5.03. The minimum Gasteiger partial charge on any atom is -0.356 e. The Morgan fingerprint density at radius 1 is 1.17 bits per heavy atom. The van der Waals surface area contributed by atoms with Crippen LogP contribution in [-0.4, -0.2) is 57.0 Å². The number of rotatable bonds is 8. The van der Waals surface area contributed by atoms with Crippen molar-refractivity contribution in [2.24, 2.45) is 10.9 Å². The van der Waals surface area contributed by atoms with Gasteiger partial charge < -0.3 is 16.0 Å². The molecule has 6 nitrogen and oxygen atoms in total. The van der Waals surface area contributed by atoms with Gasteiger partial charge in [0.15, 0.2) is 5.96 Å². The number of carbonyl (C=O) groups is 1. The van der Waals surface area contributed by atoms with Gasteiger partial charge in [-0.2, -0.15) is 0 Å². The van der Waals surface area contributed by atoms with E-state index in [4.69, 9.17) is 0 Å². The molecule has 1 aliphatic rings. The summed E-state index contributed by atoms with van der Waals surface area (Å²) in [5.41, 5.74) is 1.22. The van der Waals surface area contributed by atoms with E-state index in [1.165, 1.54) is 23.3 Å². The lowest BCUT2D eigenvalue weighted by Crippen LogP contribution is -2.47. The van der Waals surface area contributed by atoms with Gasteiger partial charge in [-0.15, -0.1) is 11.3 Å². The van der Waals surface area contributed by atoms with Gasteiger partial charge in [-0.05, 0) is 55.8 Å². The second kappa shape index (κ2) is 11.7. The van der Waals surface area contributed by atoms with Crippen molar-refractivity contribution in [3.05, 3.63) is 58.3 Å². The molecule has 2 aromatic rings. The van der Waals surface area contributed by atoms with Crippen molar-refractivity contribution in [3.8, 4) is 0 Å². The predicted molar refractivity (Wildman–Crippen MR) is 125 cm³/mol. The summed E-state index contributed by atoms with van der Waals surface area (Å²) in [7, 11) is 3.95. The zero-order valence-corrected chi connectivity index (χ0v) is 18.8. The smallest absolute Gasteiger partial charge is 0.239 e. The number of nitrogens with zero attached hydrogens (tertiary/aromatic N) is 2. The van der Waals surface area contributed by atoms with E-state index < -0.39 is 0 Å². The van der Waals surface area contributed by atoms with E-state index >= 15 is 0 Å². The van der Waals surface area contributed by atoms with Gasteiger partial charge in [0.05, 0.1) is 6.54 Å². The van der Waals surface area contributed by atoms with Crippen LogP contribution in [-0.2, 0) is 11.2 Å². The molecule has 1 saturated heterocycles. The molecule has 162 valence electrons. The van der Waals surface area contributed by atoms with Crippen LogP contribution < -0.4 is 16.0 Å². The van der Waals surface area contributed by atoms with Crippen LogP contribution >= 0.6 is 11.3 Å². The molecule has 7 heteroatoms. The minimum atomic E-state index is -0.0252. The first-order valence-corrected chi connectivity index (χ1v) is 11.5. The Morgan fingerprint density at radius 3 is 2.73 bits per heavy atom. The van der Waals surface area contributed by atoms with Crippen LogP contribution in [0.4, 0.5) is 0 Å². The first kappa shape index (κ1) is 22.3. The highest BCUT2D eigenvalue weighted by molar-refractivity contribution is 7.10. The first-order valence-electron chi connectivity index (χ1n) is 10.7. The molecule has 30 heavy (non-hydrogen) atoms. The minimum absolute atomic E-state index is 0.0252. The van der Waals surface area contributed by atoms with Crippen LogP contribution in [0.1, 0.15) is 29.3 Å². The summed E-state index contributed by atoms with van der Waals surface area (Å²) in [5, 5.41) is 11.7. The summed E-state index contributed by atoms with van der Waals surface area (Å²) >= 11 is 1.83. The van der Waals surface area contributed by atoms with Gasteiger partial charge in [-0.25, -0.2) is 0 Å². The van der Waals surface area contributed by atoms with Gasteiger partial charge in [0.25, 0.3) is 0 Å². The molecule has 3 rings (SSSR count). The summed E-state index contributed by atoms with van der Waals surface area (Å²) in [4.78, 5) is 20.3. The van der Waals surface area contributed by atoms with Crippen molar-refractivity contribution < 1.29 is 4.79 Å². The van der Waals surface area contributed by atoms with E-state index in [1.54, 1.807) is 7.05 Å². The largest absolute Gasteiger partial charge is 0.356 e. The third-order valence-corrected chi connectivity index (χ3v) is 6.54. The summed E-state index contributed by atoms with van der Waals surface area (Å²) in [6.07, 6.45) is 3.23. The highest BCUT2D eigenvalue weighted by atomic mass is 32.1. The molecule has 1 aliphatic heterocycles. The molecule has 1 fully saturated rings. The zero-order chi connectivity index (χ0) is 21.2. The van der Waals surface area contributed by atoms with Crippen LogP contribution in [0.2, 0.25) is 0 Å². The zero-order valence-electron chi connectivity index (χ0n) is 17.9. The lowest BCUT2D eigenvalue weighted by Gasteiger charge is -2.39. The van der Waals surface area contributed by atoms with Gasteiger partial charge in [-0.3, -0.25) is 14.7 Å². The molecule has 2 unspecified atom stereocenters. The molecule has 2 heterocycles. The number of likely N-dealkylation sites (tertiary alicyclic amines) is 1. The van der Waals surface area contributed by atoms with Crippen molar-refractivity contribution in [1.29, 1.82) is 0 Å². The molecule has 1 amide bonds. The Labute approximate surface area is 183 Å². The molecule has 3 N–H and O–H groups in total. The maximum absolute atomic E-state index is 12.1. The molecule has 2 atom stereocenters. The fraction of sp³-hybridized carbons (Fsp3) is 0.478. The quantitative estimate of drug-likeness (QED) is 0.448. The van der Waals surface area contributed by atoms with Gasteiger partial charge in [0, 0.05) is 31.1 Å². The van der Waals surface area contributed by atoms with E-state index in [9.17, 15) is 4.79 Å². The van der Waals surface area contributed by atoms with E-state index in [0.717, 1.165) is 19.5 Å². The van der Waals surface area contributed by atoms with Crippen molar-refractivity contribution in [2.75, 3.05) is 40.3 Å². The van der Waals surface area contributed by atoms with Crippen molar-refractivity contribution in [1.82, 2.24) is 20.9 Å². The Balaban J connectivity index is 1.41. The molecule has 0 bridgehead atoms. The number of hydrogen-bond donors (Lipinski definition) is 3. The molecule has 0 aliphatic carbocycles. The number of thiophene rings is 1. The number of amides is 1. The van der Waals surface area contributed by atoms with Crippen molar-refractivity contribution >= 4 is 23.2 Å². The average molecular weight is 428 g/mol. The van der Waals surface area contributed by atoms with Gasteiger partial charge in [-0.1, -0.05) is 36.4 Å². The van der Waals surface area contributed by atoms with Crippen LogP contribution in [0.25, 0.3) is 0 Å². The normalized spacial score (nSPS) is 20.0. The molecule has 1 aromatic carbocycles. The number of piperidine rings is 1. The van der Waals surface area contributed by atoms with Crippen LogP contribution in [0.15, 0.2) is 52.8 Å². The maximum Gasteiger partial charge on any atom is 0.239 e.